The number of nitrogens with two attached hydrogens (primary N) is 1. The van der Waals surface area contributed by atoms with Gasteiger partial charge in [-0.15, -0.1) is 0 Å². The van der Waals surface area contributed by atoms with E-state index >= 15 is 0 Å². The summed E-state index contributed by atoms with van der Waals surface area (Å²) < 4.78 is 12.5. The number of pyridine rings is 1. The molecule has 1 spiro atoms. The Labute approximate surface area is 212 Å². The maximum Gasteiger partial charge on any atom is 0.259 e. The van der Waals surface area contributed by atoms with Gasteiger partial charge in [0.1, 0.15) is 17.4 Å². The minimum atomic E-state index is -1.75. The lowest BCUT2D eigenvalue weighted by Gasteiger charge is -2.34. The number of carbonyl (C=O) groups excluding carboxylic acids is 1. The Morgan fingerprint density at radius 2 is 1.94 bits per heavy atom. The number of amides is 1. The number of benzene rings is 2. The Bertz CT molecular complexity index is 1540. The SMILES string of the molecule is COCCn1c(C)cc2c(c1=O)C1(C(=O)N(Cc3cccc(Cl)c3)c3ccccc31)C(C#N)=C(N)O2. The number of anilines is 1. The van der Waals surface area contributed by atoms with Gasteiger partial charge in [0.05, 0.1) is 18.7 Å². The normalized spacial score (nSPS) is 18.2. The summed E-state index contributed by atoms with van der Waals surface area (Å²) in [5, 5.41) is 10.8. The van der Waals surface area contributed by atoms with Crippen LogP contribution in [0.4, 0.5) is 5.69 Å². The first-order valence-electron chi connectivity index (χ1n) is 11.3. The van der Waals surface area contributed by atoms with Crippen LogP contribution in [0.1, 0.15) is 22.4 Å². The lowest BCUT2D eigenvalue weighted by atomic mass is 9.69. The number of halogens is 1. The molecule has 0 radical (unpaired) electrons. The van der Waals surface area contributed by atoms with E-state index in [0.29, 0.717) is 28.6 Å². The number of nitriles is 1. The number of fused-ring (bicyclic) bond motifs is 4. The highest BCUT2D eigenvalue weighted by Gasteiger charge is 2.60. The molecular formula is C27H23ClN4O4. The zero-order chi connectivity index (χ0) is 25.6. The molecule has 1 aromatic heterocycles. The molecule has 2 aliphatic heterocycles. The van der Waals surface area contributed by atoms with Crippen molar-refractivity contribution in [3.8, 4) is 11.8 Å². The van der Waals surface area contributed by atoms with E-state index in [-0.39, 0.29) is 35.9 Å². The molecule has 2 N–H and O–H groups in total. The van der Waals surface area contributed by atoms with Gasteiger partial charge in [-0.05, 0) is 30.7 Å². The fourth-order valence-corrected chi connectivity index (χ4v) is 5.37. The van der Waals surface area contributed by atoms with Crippen molar-refractivity contribution in [2.75, 3.05) is 18.6 Å². The van der Waals surface area contributed by atoms with Crippen molar-refractivity contribution in [1.82, 2.24) is 4.57 Å². The van der Waals surface area contributed by atoms with E-state index < -0.39 is 16.9 Å². The summed E-state index contributed by atoms with van der Waals surface area (Å²) >= 11 is 6.19. The van der Waals surface area contributed by atoms with Crippen molar-refractivity contribution in [3.05, 3.63) is 104 Å². The highest BCUT2D eigenvalue weighted by molar-refractivity contribution is 6.30. The van der Waals surface area contributed by atoms with Gasteiger partial charge in [-0.2, -0.15) is 5.26 Å². The minimum Gasteiger partial charge on any atom is -0.440 e. The quantitative estimate of drug-likeness (QED) is 0.572. The predicted octanol–water partition coefficient (Wildman–Crippen LogP) is 3.38. The van der Waals surface area contributed by atoms with Crippen molar-refractivity contribution < 1.29 is 14.3 Å². The first-order valence-corrected chi connectivity index (χ1v) is 11.7. The summed E-state index contributed by atoms with van der Waals surface area (Å²) in [5.74, 6) is -0.492. The standard InChI is InChI=1S/C27H23ClN4O4/c1-16-12-22-23(25(33)31(16)10-11-35-2)27(20(14-29)24(30)36-22)19-8-3-4-9-21(19)32(26(27)34)15-17-6-5-7-18(28)13-17/h3-9,12-13H,10-11,15,30H2,1-2H3. The monoisotopic (exact) mass is 502 g/mol. The highest BCUT2D eigenvalue weighted by Crippen LogP contribution is 2.54. The Morgan fingerprint density at radius 1 is 1.17 bits per heavy atom. The van der Waals surface area contributed by atoms with Crippen LogP contribution in [0.25, 0.3) is 0 Å². The van der Waals surface area contributed by atoms with Gasteiger partial charge < -0.3 is 24.7 Å². The van der Waals surface area contributed by atoms with Crippen molar-refractivity contribution in [1.29, 1.82) is 5.26 Å². The van der Waals surface area contributed by atoms with Gasteiger partial charge in [0.25, 0.3) is 5.56 Å². The topological polar surface area (TPSA) is 111 Å². The number of hydrogen-bond acceptors (Lipinski definition) is 6. The number of nitrogens with zero attached hydrogens (tertiary/aromatic N) is 3. The number of methoxy groups -OCH3 is 1. The molecule has 0 aliphatic carbocycles. The molecule has 1 atom stereocenters. The molecular weight excluding hydrogens is 480 g/mol. The number of hydrogen-bond donors (Lipinski definition) is 1. The first-order chi connectivity index (χ1) is 17.3. The number of ether oxygens (including phenoxy) is 2. The van der Waals surface area contributed by atoms with Crippen LogP contribution in [-0.2, 0) is 28.0 Å². The molecule has 0 saturated heterocycles. The number of aromatic nitrogens is 1. The van der Waals surface area contributed by atoms with E-state index in [4.69, 9.17) is 26.8 Å². The Balaban J connectivity index is 1.81. The average molecular weight is 503 g/mol. The van der Waals surface area contributed by atoms with Crippen LogP contribution in [-0.4, -0.2) is 24.2 Å². The molecule has 182 valence electrons. The fraction of sp³-hybridized carbons (Fsp3) is 0.222. The molecule has 0 bridgehead atoms. The van der Waals surface area contributed by atoms with E-state index in [1.54, 1.807) is 61.4 Å². The largest absolute Gasteiger partial charge is 0.440 e. The van der Waals surface area contributed by atoms with Crippen molar-refractivity contribution in [3.63, 3.8) is 0 Å². The molecule has 1 amide bonds. The van der Waals surface area contributed by atoms with Gasteiger partial charge in [0.2, 0.25) is 11.8 Å². The second-order valence-electron chi connectivity index (χ2n) is 8.72. The molecule has 2 aliphatic rings. The first kappa shape index (κ1) is 23.7. The molecule has 36 heavy (non-hydrogen) atoms. The van der Waals surface area contributed by atoms with Crippen LogP contribution in [0.2, 0.25) is 5.02 Å². The third-order valence-electron chi connectivity index (χ3n) is 6.71. The zero-order valence-electron chi connectivity index (χ0n) is 19.7. The summed E-state index contributed by atoms with van der Waals surface area (Å²) in [6.07, 6.45) is 0. The van der Waals surface area contributed by atoms with Crippen LogP contribution in [0.3, 0.4) is 0 Å². The summed E-state index contributed by atoms with van der Waals surface area (Å²) in [6, 6.07) is 18.1. The number of rotatable bonds is 5. The van der Waals surface area contributed by atoms with Gasteiger partial charge in [0.15, 0.2) is 5.41 Å². The van der Waals surface area contributed by atoms with Crippen LogP contribution in [0.5, 0.6) is 5.75 Å². The molecule has 3 heterocycles. The molecule has 5 rings (SSSR count). The maximum absolute atomic E-state index is 14.5. The predicted molar refractivity (Wildman–Crippen MR) is 135 cm³/mol. The second-order valence-corrected chi connectivity index (χ2v) is 9.15. The second kappa shape index (κ2) is 8.86. The molecule has 3 aromatic rings. The summed E-state index contributed by atoms with van der Waals surface area (Å²) in [4.78, 5) is 30.1. The molecule has 2 aromatic carbocycles. The van der Waals surface area contributed by atoms with E-state index in [0.717, 1.165) is 5.56 Å². The number of carbonyl (C=O) groups is 1. The molecule has 1 unspecified atom stereocenters. The summed E-state index contributed by atoms with van der Waals surface area (Å²) in [7, 11) is 1.55. The third kappa shape index (κ3) is 3.32. The Kier molecular flexibility index (Phi) is 5.83. The number of para-hydroxylation sites is 1. The third-order valence-corrected chi connectivity index (χ3v) is 6.95. The summed E-state index contributed by atoms with van der Waals surface area (Å²) in [6.45, 7) is 2.52. The van der Waals surface area contributed by atoms with Gasteiger partial charge in [0, 0.05) is 41.7 Å². The van der Waals surface area contributed by atoms with Crippen LogP contribution in [0, 0.1) is 18.3 Å². The minimum absolute atomic E-state index is 0.0704. The zero-order valence-corrected chi connectivity index (χ0v) is 20.5. The van der Waals surface area contributed by atoms with E-state index in [1.807, 2.05) is 12.1 Å². The van der Waals surface area contributed by atoms with E-state index in [1.165, 1.54) is 4.57 Å². The maximum atomic E-state index is 14.5. The van der Waals surface area contributed by atoms with Crippen molar-refractivity contribution in [2.24, 2.45) is 5.73 Å². The lowest BCUT2D eigenvalue weighted by molar-refractivity contribution is -0.121. The van der Waals surface area contributed by atoms with Crippen LogP contribution >= 0.6 is 11.6 Å². The highest BCUT2D eigenvalue weighted by atomic mass is 35.5. The molecule has 0 saturated carbocycles. The van der Waals surface area contributed by atoms with Crippen molar-refractivity contribution in [2.45, 2.75) is 25.4 Å². The molecule has 9 heteroatoms. The van der Waals surface area contributed by atoms with Crippen molar-refractivity contribution >= 4 is 23.2 Å². The van der Waals surface area contributed by atoms with Crippen LogP contribution in [0.15, 0.2) is 70.8 Å². The van der Waals surface area contributed by atoms with Gasteiger partial charge >= 0.3 is 0 Å². The van der Waals surface area contributed by atoms with Gasteiger partial charge in [-0.3, -0.25) is 9.59 Å². The number of aryl methyl sites for hydroxylation is 1. The fourth-order valence-electron chi connectivity index (χ4n) is 5.16. The van der Waals surface area contributed by atoms with E-state index in [9.17, 15) is 14.9 Å². The van der Waals surface area contributed by atoms with Gasteiger partial charge in [-0.1, -0.05) is 41.9 Å². The Morgan fingerprint density at radius 3 is 2.67 bits per heavy atom. The molecule has 0 fully saturated rings. The van der Waals surface area contributed by atoms with Crippen LogP contribution < -0.4 is 20.9 Å². The lowest BCUT2D eigenvalue weighted by Crippen LogP contribution is -2.50. The van der Waals surface area contributed by atoms with Gasteiger partial charge in [-0.25, -0.2) is 0 Å². The average Bonchev–Trinajstić information content (AvgIpc) is 3.07. The van der Waals surface area contributed by atoms with E-state index in [2.05, 4.69) is 6.07 Å². The molecule has 8 nitrogen and oxygen atoms in total. The Hall–Kier alpha value is -4.06. The summed E-state index contributed by atoms with van der Waals surface area (Å²) in [5.41, 5.74) is 6.51. The smallest absolute Gasteiger partial charge is 0.259 e.